The fraction of sp³-hybridized carbons (Fsp3) is 0.222. The number of nitrogens with one attached hydrogen (secondary N) is 1. The van der Waals surface area contributed by atoms with Crippen LogP contribution in [0.5, 0.6) is 0 Å². The van der Waals surface area contributed by atoms with E-state index in [1.807, 2.05) is 18.2 Å². The average molecular weight is 501 g/mol. The second kappa shape index (κ2) is 10.5. The third-order valence-electron chi connectivity index (χ3n) is 6.13. The number of nitrogens with two attached hydrogens (primary N) is 1. The fourth-order valence-corrected chi connectivity index (χ4v) is 5.11. The molecule has 2 aromatic heterocycles. The molecule has 0 radical (unpaired) electrons. The van der Waals surface area contributed by atoms with Gasteiger partial charge in [-0.1, -0.05) is 30.3 Å². The van der Waals surface area contributed by atoms with Crippen molar-refractivity contribution in [1.29, 1.82) is 0 Å². The smallest absolute Gasteiger partial charge is 0.245 e. The zero-order valence-corrected chi connectivity index (χ0v) is 21.0. The summed E-state index contributed by atoms with van der Waals surface area (Å²) in [5.41, 5.74) is 13.4. The summed E-state index contributed by atoms with van der Waals surface area (Å²) >= 11 is 1.42. The number of benzene rings is 2. The minimum Gasteiger partial charge on any atom is -0.445 e. The maximum atomic E-state index is 10.0. The molecule has 0 amide bonds. The van der Waals surface area contributed by atoms with Crippen LogP contribution in [0.25, 0.3) is 16.9 Å². The van der Waals surface area contributed by atoms with E-state index >= 15 is 0 Å². The van der Waals surface area contributed by atoms with E-state index in [4.69, 9.17) is 20.1 Å². The first-order valence-electron chi connectivity index (χ1n) is 11.7. The highest BCUT2D eigenvalue weighted by Gasteiger charge is 2.23. The first-order chi connectivity index (χ1) is 17.5. The van der Waals surface area contributed by atoms with Gasteiger partial charge in [-0.2, -0.15) is 0 Å². The normalized spacial score (nSPS) is 15.9. The predicted octanol–water partition coefficient (Wildman–Crippen LogP) is 4.34. The van der Waals surface area contributed by atoms with Crippen molar-refractivity contribution in [2.24, 2.45) is 10.7 Å². The highest BCUT2D eigenvalue weighted by Crippen LogP contribution is 2.33. The summed E-state index contributed by atoms with van der Waals surface area (Å²) in [6, 6.07) is 16.1. The van der Waals surface area contributed by atoms with E-state index in [2.05, 4.69) is 58.8 Å². The molecule has 0 spiro atoms. The summed E-state index contributed by atoms with van der Waals surface area (Å²) in [5.74, 6) is 0.324. The molecular formula is C27H28N6O2S. The molecule has 36 heavy (non-hydrogen) atoms. The van der Waals surface area contributed by atoms with Gasteiger partial charge >= 0.3 is 0 Å². The maximum absolute atomic E-state index is 10.0. The van der Waals surface area contributed by atoms with Crippen molar-refractivity contribution in [2.75, 3.05) is 13.2 Å². The van der Waals surface area contributed by atoms with Crippen LogP contribution in [0.15, 0.2) is 81.4 Å². The van der Waals surface area contributed by atoms with Crippen molar-refractivity contribution in [3.05, 3.63) is 95.0 Å². The van der Waals surface area contributed by atoms with E-state index in [1.165, 1.54) is 11.9 Å². The van der Waals surface area contributed by atoms with Gasteiger partial charge in [-0.15, -0.1) is 0 Å². The van der Waals surface area contributed by atoms with Crippen molar-refractivity contribution in [2.45, 2.75) is 31.3 Å². The third-order valence-corrected chi connectivity index (χ3v) is 6.93. The maximum Gasteiger partial charge on any atom is 0.245 e. The number of aliphatic imine (C=N–C) groups is 1. The molecule has 0 saturated carbocycles. The number of aromatic nitrogens is 2. The van der Waals surface area contributed by atoms with Crippen molar-refractivity contribution < 1.29 is 9.52 Å². The molecule has 4 N–H and O–H groups in total. The first kappa shape index (κ1) is 24.1. The molecule has 4 aromatic rings. The molecule has 5 rings (SSSR count). The van der Waals surface area contributed by atoms with E-state index in [-0.39, 0.29) is 12.6 Å². The Morgan fingerprint density at radius 3 is 2.75 bits per heavy atom. The number of guanidine groups is 1. The summed E-state index contributed by atoms with van der Waals surface area (Å²) in [7, 11) is 0. The Hall–Kier alpha value is -3.66. The van der Waals surface area contributed by atoms with Gasteiger partial charge in [-0.3, -0.25) is 9.62 Å². The summed E-state index contributed by atoms with van der Waals surface area (Å²) in [6.07, 6.45) is 5.43. The number of hydrogen-bond acceptors (Lipinski definition) is 9. The van der Waals surface area contributed by atoms with Crippen LogP contribution in [0.1, 0.15) is 34.0 Å². The van der Waals surface area contributed by atoms with Crippen LogP contribution in [0.4, 0.5) is 0 Å². The van der Waals surface area contributed by atoms with Crippen LogP contribution < -0.4 is 10.5 Å². The van der Waals surface area contributed by atoms with Gasteiger partial charge in [0.05, 0.1) is 36.5 Å². The van der Waals surface area contributed by atoms with Gasteiger partial charge in [0.25, 0.3) is 0 Å². The SMILES string of the molecule is Cc1cccc(C)c1C1=CC(N(CCO)Cc2cnc3occc3n2)c2cccc(c2)SNC(N)=N1. The van der Waals surface area contributed by atoms with Gasteiger partial charge in [0.2, 0.25) is 11.7 Å². The van der Waals surface area contributed by atoms with Gasteiger partial charge in [-0.05, 0) is 60.7 Å². The summed E-state index contributed by atoms with van der Waals surface area (Å²) in [6.45, 7) is 5.05. The van der Waals surface area contributed by atoms with E-state index in [0.29, 0.717) is 30.3 Å². The number of aliphatic hydroxyl groups is 1. The number of aliphatic hydroxyl groups excluding tert-OH is 1. The Kier molecular flexibility index (Phi) is 7.04. The minimum atomic E-state index is -0.205. The largest absolute Gasteiger partial charge is 0.445 e. The van der Waals surface area contributed by atoms with E-state index in [0.717, 1.165) is 38.5 Å². The molecule has 2 aromatic carbocycles. The molecule has 1 aliphatic heterocycles. The second-order valence-electron chi connectivity index (χ2n) is 8.70. The van der Waals surface area contributed by atoms with Gasteiger partial charge in [0, 0.05) is 29.6 Å². The number of rotatable bonds is 6. The lowest BCUT2D eigenvalue weighted by Crippen LogP contribution is -2.31. The van der Waals surface area contributed by atoms with Crippen molar-refractivity contribution in [3.8, 4) is 0 Å². The number of hydrogen-bond donors (Lipinski definition) is 3. The van der Waals surface area contributed by atoms with E-state index in [9.17, 15) is 5.11 Å². The van der Waals surface area contributed by atoms with Crippen LogP contribution in [0, 0.1) is 13.8 Å². The lowest BCUT2D eigenvalue weighted by atomic mass is 9.96. The Balaban J connectivity index is 1.65. The molecule has 1 aliphatic rings. The van der Waals surface area contributed by atoms with Crippen molar-refractivity contribution >= 4 is 34.8 Å². The molecule has 9 heteroatoms. The predicted molar refractivity (Wildman–Crippen MR) is 143 cm³/mol. The van der Waals surface area contributed by atoms with Crippen molar-refractivity contribution in [1.82, 2.24) is 19.6 Å². The lowest BCUT2D eigenvalue weighted by molar-refractivity contribution is 0.163. The highest BCUT2D eigenvalue weighted by molar-refractivity contribution is 7.98. The van der Waals surface area contributed by atoms with Crippen molar-refractivity contribution in [3.63, 3.8) is 0 Å². The zero-order chi connectivity index (χ0) is 25.1. The Morgan fingerprint density at radius 2 is 1.94 bits per heavy atom. The number of aryl methyl sites for hydroxylation is 2. The zero-order valence-electron chi connectivity index (χ0n) is 20.2. The van der Waals surface area contributed by atoms with Gasteiger partial charge < -0.3 is 15.3 Å². The van der Waals surface area contributed by atoms with Crippen LogP contribution in [-0.2, 0) is 6.54 Å². The molecule has 3 heterocycles. The molecule has 0 fully saturated rings. The Labute approximate surface area is 214 Å². The first-order valence-corrected chi connectivity index (χ1v) is 12.5. The van der Waals surface area contributed by atoms with Crippen LogP contribution in [0.3, 0.4) is 0 Å². The molecule has 2 bridgehead atoms. The summed E-state index contributed by atoms with van der Waals surface area (Å²) < 4.78 is 8.50. The third kappa shape index (κ3) is 5.13. The molecule has 0 aliphatic carbocycles. The molecule has 1 atom stereocenters. The van der Waals surface area contributed by atoms with Crippen LogP contribution in [-0.4, -0.2) is 39.1 Å². The summed E-state index contributed by atoms with van der Waals surface area (Å²) in [5, 5.41) is 10.0. The molecule has 1 unspecified atom stereocenters. The quantitative estimate of drug-likeness (QED) is 0.335. The second-order valence-corrected chi connectivity index (χ2v) is 9.58. The Bertz CT molecular complexity index is 1430. The standard InChI is InChI=1S/C27H28N6O2S/c1-17-5-3-6-18(2)25(17)23-14-24(19-7-4-8-21(13-19)36-32-27(28)31-23)33(10-11-34)16-20-15-29-26-22(30-20)9-12-35-26/h3-9,12-15,24,34H,10-11,16H2,1-2H3,(H3,28,31,32). The molecule has 184 valence electrons. The summed E-state index contributed by atoms with van der Waals surface area (Å²) in [4.78, 5) is 17.1. The molecular weight excluding hydrogens is 472 g/mol. The Morgan fingerprint density at radius 1 is 1.14 bits per heavy atom. The molecule has 0 saturated heterocycles. The number of nitrogens with zero attached hydrogens (tertiary/aromatic N) is 4. The lowest BCUT2D eigenvalue weighted by Gasteiger charge is -2.30. The van der Waals surface area contributed by atoms with Gasteiger partial charge in [0.1, 0.15) is 5.52 Å². The van der Waals surface area contributed by atoms with Gasteiger partial charge in [-0.25, -0.2) is 15.0 Å². The molecule has 8 nitrogen and oxygen atoms in total. The number of fused-ring (bicyclic) bond motifs is 3. The van der Waals surface area contributed by atoms with Crippen LogP contribution in [0.2, 0.25) is 0 Å². The topological polar surface area (TPSA) is 113 Å². The average Bonchev–Trinajstić information content (AvgIpc) is 3.33. The van der Waals surface area contributed by atoms with Crippen LogP contribution >= 0.6 is 11.9 Å². The fourth-order valence-electron chi connectivity index (χ4n) is 4.50. The van der Waals surface area contributed by atoms with E-state index < -0.39 is 0 Å². The van der Waals surface area contributed by atoms with E-state index in [1.54, 1.807) is 18.5 Å². The van der Waals surface area contributed by atoms with Gasteiger partial charge in [0.15, 0.2) is 0 Å². The highest BCUT2D eigenvalue weighted by atomic mass is 32.2. The minimum absolute atomic E-state index is 0.00808. The number of furan rings is 1. The monoisotopic (exact) mass is 500 g/mol.